The Hall–Kier alpha value is -1.36. The Kier molecular flexibility index (Phi) is 5.17. The van der Waals surface area contributed by atoms with Gasteiger partial charge >= 0.3 is 0 Å². The SMILES string of the molecule is CCCCn1cnc2nc(Cl)nc(NCCC(C)C)c21. The number of unbranched alkanes of at least 4 members (excludes halogenated alkanes) is 1. The number of rotatable bonds is 7. The lowest BCUT2D eigenvalue weighted by atomic mass is 10.1. The molecule has 20 heavy (non-hydrogen) atoms. The molecule has 0 aliphatic heterocycles. The molecule has 2 aromatic rings. The molecule has 2 aromatic heterocycles. The number of nitrogens with one attached hydrogen (secondary N) is 1. The highest BCUT2D eigenvalue weighted by atomic mass is 35.5. The van der Waals surface area contributed by atoms with Gasteiger partial charge in [0.05, 0.1) is 6.33 Å². The largest absolute Gasteiger partial charge is 0.368 e. The van der Waals surface area contributed by atoms with Crippen LogP contribution in [0.25, 0.3) is 11.2 Å². The van der Waals surface area contributed by atoms with Crippen LogP contribution in [-0.2, 0) is 6.54 Å². The van der Waals surface area contributed by atoms with Crippen LogP contribution in [0.4, 0.5) is 5.82 Å². The van der Waals surface area contributed by atoms with E-state index in [1.165, 1.54) is 0 Å². The lowest BCUT2D eigenvalue weighted by Crippen LogP contribution is -2.09. The summed E-state index contributed by atoms with van der Waals surface area (Å²) < 4.78 is 2.10. The Bertz CT molecular complexity index is 564. The molecule has 6 heteroatoms. The van der Waals surface area contributed by atoms with Gasteiger partial charge in [0, 0.05) is 13.1 Å². The van der Waals surface area contributed by atoms with Gasteiger partial charge in [-0.3, -0.25) is 0 Å². The van der Waals surface area contributed by atoms with Crippen LogP contribution in [0.15, 0.2) is 6.33 Å². The van der Waals surface area contributed by atoms with Crippen LogP contribution >= 0.6 is 11.6 Å². The Labute approximate surface area is 124 Å². The molecule has 0 aliphatic carbocycles. The summed E-state index contributed by atoms with van der Waals surface area (Å²) in [6.07, 6.45) is 5.16. The smallest absolute Gasteiger partial charge is 0.226 e. The molecule has 1 N–H and O–H groups in total. The first kappa shape index (κ1) is 15.0. The van der Waals surface area contributed by atoms with E-state index in [4.69, 9.17) is 11.6 Å². The van der Waals surface area contributed by atoms with Crippen LogP contribution in [0.1, 0.15) is 40.0 Å². The number of halogens is 1. The van der Waals surface area contributed by atoms with Crippen LogP contribution in [0.3, 0.4) is 0 Å². The zero-order chi connectivity index (χ0) is 14.5. The summed E-state index contributed by atoms with van der Waals surface area (Å²) in [4.78, 5) is 12.8. The minimum absolute atomic E-state index is 0.241. The molecule has 0 radical (unpaired) electrons. The first-order chi connectivity index (χ1) is 9.61. The van der Waals surface area contributed by atoms with E-state index in [2.05, 4.69) is 45.6 Å². The first-order valence-corrected chi connectivity index (χ1v) is 7.61. The van der Waals surface area contributed by atoms with Gasteiger partial charge in [0.1, 0.15) is 5.52 Å². The number of hydrogen-bond donors (Lipinski definition) is 1. The summed E-state index contributed by atoms with van der Waals surface area (Å²) in [7, 11) is 0. The van der Waals surface area contributed by atoms with Crippen molar-refractivity contribution in [3.8, 4) is 0 Å². The summed E-state index contributed by atoms with van der Waals surface area (Å²) in [5.41, 5.74) is 1.61. The highest BCUT2D eigenvalue weighted by Crippen LogP contribution is 2.22. The number of hydrogen-bond acceptors (Lipinski definition) is 4. The van der Waals surface area contributed by atoms with E-state index in [0.717, 1.165) is 43.7 Å². The Balaban J connectivity index is 2.27. The summed E-state index contributed by atoms with van der Waals surface area (Å²) >= 11 is 5.97. The van der Waals surface area contributed by atoms with Gasteiger partial charge in [-0.1, -0.05) is 27.2 Å². The molecule has 0 aliphatic rings. The van der Waals surface area contributed by atoms with Crippen LogP contribution < -0.4 is 5.32 Å². The molecule has 110 valence electrons. The van der Waals surface area contributed by atoms with E-state index in [1.54, 1.807) is 0 Å². The maximum atomic E-state index is 5.97. The molecule has 0 atom stereocenters. The fourth-order valence-electron chi connectivity index (χ4n) is 2.05. The summed E-state index contributed by atoms with van der Waals surface area (Å²) in [5, 5.41) is 3.61. The van der Waals surface area contributed by atoms with E-state index in [9.17, 15) is 0 Å². The lowest BCUT2D eigenvalue weighted by Gasteiger charge is -2.11. The normalized spacial score (nSPS) is 11.4. The first-order valence-electron chi connectivity index (χ1n) is 7.24. The van der Waals surface area contributed by atoms with Crippen LogP contribution in [0, 0.1) is 5.92 Å². The standard InChI is InChI=1S/C14H22ClN5/c1-4-5-8-20-9-17-13-11(20)12(18-14(15)19-13)16-7-6-10(2)3/h9-10H,4-8H2,1-3H3,(H,16,18,19). The third kappa shape index (κ3) is 3.60. The predicted molar refractivity (Wildman–Crippen MR) is 83.2 cm³/mol. The Morgan fingerprint density at radius 1 is 1.35 bits per heavy atom. The monoisotopic (exact) mass is 295 g/mol. The van der Waals surface area contributed by atoms with Gasteiger partial charge in [-0.25, -0.2) is 4.98 Å². The zero-order valence-corrected chi connectivity index (χ0v) is 13.1. The molecule has 5 nitrogen and oxygen atoms in total. The van der Waals surface area contributed by atoms with Gasteiger partial charge in [0.15, 0.2) is 11.5 Å². The molecule has 0 fully saturated rings. The number of aryl methyl sites for hydroxylation is 1. The van der Waals surface area contributed by atoms with E-state index >= 15 is 0 Å². The van der Waals surface area contributed by atoms with Crippen LogP contribution in [0.2, 0.25) is 5.28 Å². The molecule has 0 spiro atoms. The van der Waals surface area contributed by atoms with Crippen molar-refractivity contribution < 1.29 is 0 Å². The van der Waals surface area contributed by atoms with Crippen molar-refractivity contribution in [2.45, 2.75) is 46.6 Å². The number of nitrogens with zero attached hydrogens (tertiary/aromatic N) is 4. The number of anilines is 1. The summed E-state index contributed by atoms with van der Waals surface area (Å²) in [5.74, 6) is 1.44. The second kappa shape index (κ2) is 6.88. The van der Waals surface area contributed by atoms with Crippen molar-refractivity contribution in [2.24, 2.45) is 5.92 Å². The molecule has 2 rings (SSSR count). The van der Waals surface area contributed by atoms with Gasteiger partial charge < -0.3 is 9.88 Å². The third-order valence-electron chi connectivity index (χ3n) is 3.21. The maximum absolute atomic E-state index is 5.97. The van der Waals surface area contributed by atoms with E-state index in [-0.39, 0.29) is 5.28 Å². The quantitative estimate of drug-likeness (QED) is 0.791. The molecular weight excluding hydrogens is 274 g/mol. The fraction of sp³-hybridized carbons (Fsp3) is 0.643. The van der Waals surface area contributed by atoms with Crippen molar-refractivity contribution in [3.63, 3.8) is 0 Å². The Morgan fingerprint density at radius 2 is 2.15 bits per heavy atom. The molecular formula is C14H22ClN5. The molecule has 0 aromatic carbocycles. The molecule has 2 heterocycles. The van der Waals surface area contributed by atoms with Crippen molar-refractivity contribution in [3.05, 3.63) is 11.6 Å². The minimum atomic E-state index is 0.241. The molecule has 0 amide bonds. The highest BCUT2D eigenvalue weighted by molar-refractivity contribution is 6.28. The maximum Gasteiger partial charge on any atom is 0.226 e. The van der Waals surface area contributed by atoms with Gasteiger partial charge in [0.2, 0.25) is 5.28 Å². The average Bonchev–Trinajstić information content (AvgIpc) is 2.78. The second-order valence-corrected chi connectivity index (χ2v) is 5.75. The summed E-state index contributed by atoms with van der Waals surface area (Å²) in [6, 6.07) is 0. The second-order valence-electron chi connectivity index (χ2n) is 5.41. The van der Waals surface area contributed by atoms with Crippen molar-refractivity contribution in [2.75, 3.05) is 11.9 Å². The van der Waals surface area contributed by atoms with E-state index in [0.29, 0.717) is 11.6 Å². The van der Waals surface area contributed by atoms with Crippen molar-refractivity contribution in [1.29, 1.82) is 0 Å². The molecule has 0 bridgehead atoms. The molecule has 0 unspecified atom stereocenters. The average molecular weight is 296 g/mol. The van der Waals surface area contributed by atoms with Crippen LogP contribution in [0.5, 0.6) is 0 Å². The fourth-order valence-corrected chi connectivity index (χ4v) is 2.22. The van der Waals surface area contributed by atoms with Crippen molar-refractivity contribution >= 4 is 28.6 Å². The van der Waals surface area contributed by atoms with E-state index in [1.807, 2.05) is 6.33 Å². The number of aromatic nitrogens is 4. The summed E-state index contributed by atoms with van der Waals surface area (Å²) in [6.45, 7) is 8.38. The Morgan fingerprint density at radius 3 is 2.85 bits per heavy atom. The van der Waals surface area contributed by atoms with Gasteiger partial charge in [-0.2, -0.15) is 9.97 Å². The van der Waals surface area contributed by atoms with Crippen LogP contribution in [-0.4, -0.2) is 26.1 Å². The lowest BCUT2D eigenvalue weighted by molar-refractivity contribution is 0.606. The predicted octanol–water partition coefficient (Wildman–Crippen LogP) is 3.74. The minimum Gasteiger partial charge on any atom is -0.368 e. The van der Waals surface area contributed by atoms with Crippen molar-refractivity contribution in [1.82, 2.24) is 19.5 Å². The number of imidazole rings is 1. The zero-order valence-electron chi connectivity index (χ0n) is 12.4. The third-order valence-corrected chi connectivity index (χ3v) is 3.38. The highest BCUT2D eigenvalue weighted by Gasteiger charge is 2.12. The van der Waals surface area contributed by atoms with Gasteiger partial charge in [-0.05, 0) is 30.4 Å². The van der Waals surface area contributed by atoms with Gasteiger partial charge in [-0.15, -0.1) is 0 Å². The topological polar surface area (TPSA) is 55.6 Å². The molecule has 0 saturated carbocycles. The van der Waals surface area contributed by atoms with E-state index < -0.39 is 0 Å². The van der Waals surface area contributed by atoms with Gasteiger partial charge in [0.25, 0.3) is 0 Å². The number of fused-ring (bicyclic) bond motifs is 1. The molecule has 0 saturated heterocycles.